The molecule has 0 amide bonds. The van der Waals surface area contributed by atoms with Gasteiger partial charge in [-0.05, 0) is 32.6 Å². The highest BCUT2D eigenvalue weighted by atomic mass is 32.1. The number of Topliss-reactive ketones (excluding diaryl/α,β-unsaturated/α-hetero) is 1. The molecule has 2 aromatic rings. The smallest absolute Gasteiger partial charge is 0.195 e. The first-order chi connectivity index (χ1) is 8.18. The quantitative estimate of drug-likeness (QED) is 0.574. The number of aryl methyl sites for hydroxylation is 3. The van der Waals surface area contributed by atoms with Gasteiger partial charge in [0.1, 0.15) is 5.69 Å². The minimum absolute atomic E-state index is 0.0702. The van der Waals surface area contributed by atoms with Crippen LogP contribution in [0.3, 0.4) is 0 Å². The van der Waals surface area contributed by atoms with Gasteiger partial charge in [0.25, 0.3) is 0 Å². The summed E-state index contributed by atoms with van der Waals surface area (Å²) in [6.45, 7) is 3.60. The van der Waals surface area contributed by atoms with E-state index < -0.39 is 0 Å². The fraction of sp³-hybridized carbons (Fsp3) is 0.538. The standard InChI is InChI=1S/C13H16N2OS/c1-8-12(9(2)16)14-13-15(8)10-6-4-3-5-7-11(10)17-13/h3-7H2,1-2H3. The summed E-state index contributed by atoms with van der Waals surface area (Å²) in [5.41, 5.74) is 3.06. The Hall–Kier alpha value is -1.16. The lowest BCUT2D eigenvalue weighted by Crippen LogP contribution is -1.99. The van der Waals surface area contributed by atoms with Crippen molar-refractivity contribution in [1.29, 1.82) is 0 Å². The predicted molar refractivity (Wildman–Crippen MR) is 69.1 cm³/mol. The summed E-state index contributed by atoms with van der Waals surface area (Å²) in [5.74, 6) is 0.0702. The Balaban J connectivity index is 2.24. The van der Waals surface area contributed by atoms with Crippen molar-refractivity contribution in [2.75, 3.05) is 0 Å². The van der Waals surface area contributed by atoms with Crippen LogP contribution in [0.5, 0.6) is 0 Å². The van der Waals surface area contributed by atoms with Crippen LogP contribution in [0, 0.1) is 6.92 Å². The third-order valence-corrected chi connectivity index (χ3v) is 4.68. The zero-order valence-corrected chi connectivity index (χ0v) is 11.1. The van der Waals surface area contributed by atoms with Gasteiger partial charge in [-0.3, -0.25) is 9.20 Å². The van der Waals surface area contributed by atoms with E-state index in [1.807, 2.05) is 6.92 Å². The van der Waals surface area contributed by atoms with Crippen molar-refractivity contribution in [3.05, 3.63) is 22.0 Å². The first-order valence-electron chi connectivity index (χ1n) is 6.19. The fourth-order valence-electron chi connectivity index (χ4n) is 2.69. The van der Waals surface area contributed by atoms with Gasteiger partial charge >= 0.3 is 0 Å². The van der Waals surface area contributed by atoms with Crippen LogP contribution in [-0.2, 0) is 12.8 Å². The summed E-state index contributed by atoms with van der Waals surface area (Å²) in [5, 5.41) is 0. The molecule has 0 N–H and O–H groups in total. The first-order valence-corrected chi connectivity index (χ1v) is 7.00. The molecule has 0 saturated carbocycles. The lowest BCUT2D eigenvalue weighted by atomic mass is 10.2. The second kappa shape index (κ2) is 3.95. The number of carbonyl (C=O) groups is 1. The molecular weight excluding hydrogens is 232 g/mol. The number of nitrogens with zero attached hydrogens (tertiary/aromatic N) is 2. The normalized spacial score (nSPS) is 15.9. The van der Waals surface area contributed by atoms with Crippen LogP contribution < -0.4 is 0 Å². The average Bonchev–Trinajstić information content (AvgIpc) is 2.68. The molecule has 0 aliphatic heterocycles. The molecule has 3 nitrogen and oxygen atoms in total. The van der Waals surface area contributed by atoms with Gasteiger partial charge in [-0.25, -0.2) is 4.98 Å². The van der Waals surface area contributed by atoms with Crippen molar-refractivity contribution >= 4 is 22.1 Å². The van der Waals surface area contributed by atoms with Crippen LogP contribution in [0.4, 0.5) is 0 Å². The van der Waals surface area contributed by atoms with E-state index in [1.165, 1.54) is 36.3 Å². The molecule has 90 valence electrons. The Morgan fingerprint density at radius 3 is 2.82 bits per heavy atom. The molecule has 2 aromatic heterocycles. The number of imidazole rings is 1. The van der Waals surface area contributed by atoms with Gasteiger partial charge < -0.3 is 0 Å². The molecule has 0 fully saturated rings. The van der Waals surface area contributed by atoms with Gasteiger partial charge in [-0.1, -0.05) is 6.42 Å². The maximum Gasteiger partial charge on any atom is 0.195 e. The Morgan fingerprint density at radius 1 is 1.29 bits per heavy atom. The molecule has 0 radical (unpaired) electrons. The molecule has 4 heteroatoms. The number of hydrogen-bond acceptors (Lipinski definition) is 3. The van der Waals surface area contributed by atoms with Crippen molar-refractivity contribution in [3.8, 4) is 0 Å². The molecule has 0 spiro atoms. The van der Waals surface area contributed by atoms with E-state index in [-0.39, 0.29) is 5.78 Å². The first kappa shape index (κ1) is 11.0. The number of ketones is 1. The Bertz CT molecular complexity index is 594. The minimum atomic E-state index is 0.0702. The highest BCUT2D eigenvalue weighted by Crippen LogP contribution is 2.31. The second-order valence-corrected chi connectivity index (χ2v) is 5.81. The van der Waals surface area contributed by atoms with Crippen LogP contribution in [0.25, 0.3) is 4.96 Å². The van der Waals surface area contributed by atoms with Gasteiger partial charge in [0.05, 0.1) is 5.69 Å². The second-order valence-electron chi connectivity index (χ2n) is 4.75. The molecule has 1 aliphatic carbocycles. The lowest BCUT2D eigenvalue weighted by Gasteiger charge is -2.01. The van der Waals surface area contributed by atoms with E-state index >= 15 is 0 Å². The van der Waals surface area contributed by atoms with Gasteiger partial charge in [-0.15, -0.1) is 11.3 Å². The van der Waals surface area contributed by atoms with E-state index in [9.17, 15) is 4.79 Å². The number of aromatic nitrogens is 2. The van der Waals surface area contributed by atoms with Gasteiger partial charge in [0, 0.05) is 17.5 Å². The van der Waals surface area contributed by atoms with E-state index in [1.54, 1.807) is 18.3 Å². The molecule has 0 aromatic carbocycles. The summed E-state index contributed by atoms with van der Waals surface area (Å²) in [6.07, 6.45) is 6.17. The molecule has 0 saturated heterocycles. The third-order valence-electron chi connectivity index (χ3n) is 3.53. The number of carbonyl (C=O) groups excluding carboxylic acids is 1. The van der Waals surface area contributed by atoms with Crippen molar-refractivity contribution < 1.29 is 4.79 Å². The van der Waals surface area contributed by atoms with Crippen molar-refractivity contribution in [2.45, 2.75) is 46.0 Å². The van der Waals surface area contributed by atoms with Crippen LogP contribution in [0.1, 0.15) is 52.9 Å². The summed E-state index contributed by atoms with van der Waals surface area (Å²) < 4.78 is 2.21. The summed E-state index contributed by atoms with van der Waals surface area (Å²) >= 11 is 1.77. The highest BCUT2D eigenvalue weighted by Gasteiger charge is 2.20. The van der Waals surface area contributed by atoms with Crippen molar-refractivity contribution in [1.82, 2.24) is 9.38 Å². The molecule has 3 rings (SSSR count). The van der Waals surface area contributed by atoms with Crippen molar-refractivity contribution in [2.24, 2.45) is 0 Å². The van der Waals surface area contributed by atoms with Crippen LogP contribution in [0.2, 0.25) is 0 Å². The maximum atomic E-state index is 11.5. The molecule has 2 heterocycles. The lowest BCUT2D eigenvalue weighted by molar-refractivity contribution is 0.101. The van der Waals surface area contributed by atoms with Gasteiger partial charge in [0.15, 0.2) is 10.7 Å². The van der Waals surface area contributed by atoms with Crippen LogP contribution >= 0.6 is 11.3 Å². The SMILES string of the molecule is CC(=O)c1nc2sc3c(n2c1C)CCCCC3. The highest BCUT2D eigenvalue weighted by molar-refractivity contribution is 7.17. The van der Waals surface area contributed by atoms with Crippen molar-refractivity contribution in [3.63, 3.8) is 0 Å². The van der Waals surface area contributed by atoms with Gasteiger partial charge in [0.2, 0.25) is 0 Å². The zero-order chi connectivity index (χ0) is 12.0. The third kappa shape index (κ3) is 1.62. The fourth-order valence-corrected chi connectivity index (χ4v) is 3.94. The van der Waals surface area contributed by atoms with E-state index in [2.05, 4.69) is 9.38 Å². The molecule has 1 aliphatic rings. The molecular formula is C13H16N2OS. The van der Waals surface area contributed by atoms with E-state index in [0.29, 0.717) is 5.69 Å². The Kier molecular flexibility index (Phi) is 2.54. The number of hydrogen-bond donors (Lipinski definition) is 0. The average molecular weight is 248 g/mol. The minimum Gasteiger partial charge on any atom is -0.293 e. The maximum absolute atomic E-state index is 11.5. The summed E-state index contributed by atoms with van der Waals surface area (Å²) in [4.78, 5) is 18.5. The number of fused-ring (bicyclic) bond motifs is 3. The molecule has 17 heavy (non-hydrogen) atoms. The topological polar surface area (TPSA) is 34.4 Å². The van der Waals surface area contributed by atoms with E-state index in [4.69, 9.17) is 0 Å². The Morgan fingerprint density at radius 2 is 2.06 bits per heavy atom. The number of thiazole rings is 1. The van der Waals surface area contributed by atoms with E-state index in [0.717, 1.165) is 17.1 Å². The van der Waals surface area contributed by atoms with Crippen LogP contribution in [-0.4, -0.2) is 15.2 Å². The van der Waals surface area contributed by atoms with Gasteiger partial charge in [-0.2, -0.15) is 0 Å². The summed E-state index contributed by atoms with van der Waals surface area (Å²) in [7, 11) is 0. The predicted octanol–water partition coefficient (Wildman–Crippen LogP) is 3.18. The zero-order valence-electron chi connectivity index (χ0n) is 10.2. The largest absolute Gasteiger partial charge is 0.293 e. The summed E-state index contributed by atoms with van der Waals surface area (Å²) in [6, 6.07) is 0. The molecule has 0 bridgehead atoms. The Labute approximate surface area is 104 Å². The monoisotopic (exact) mass is 248 g/mol. The van der Waals surface area contributed by atoms with Crippen LogP contribution in [0.15, 0.2) is 0 Å². The number of rotatable bonds is 1. The molecule has 0 atom stereocenters. The molecule has 0 unspecified atom stereocenters.